The van der Waals surface area contributed by atoms with Crippen molar-refractivity contribution in [2.24, 2.45) is 0 Å². The van der Waals surface area contributed by atoms with Gasteiger partial charge >= 0.3 is 0 Å². The Morgan fingerprint density at radius 3 is 2.50 bits per heavy atom. The molecule has 0 heterocycles. The molecule has 86 valence electrons. The van der Waals surface area contributed by atoms with Crippen molar-refractivity contribution in [3.05, 3.63) is 29.3 Å². The number of rotatable bonds is 3. The van der Waals surface area contributed by atoms with Crippen LogP contribution in [0.25, 0.3) is 0 Å². The lowest BCUT2D eigenvalue weighted by Crippen LogP contribution is -2.14. The zero-order valence-electron chi connectivity index (χ0n) is 10.5. The Labute approximate surface area is 97.9 Å². The topological polar surface area (TPSA) is 33.0 Å². The van der Waals surface area contributed by atoms with Crippen LogP contribution in [-0.4, -0.2) is 6.61 Å². The van der Waals surface area contributed by atoms with E-state index in [1.165, 1.54) is 11.1 Å². The largest absolute Gasteiger partial charge is 0.478 e. The van der Waals surface area contributed by atoms with Gasteiger partial charge in [-0.3, -0.25) is 0 Å². The highest BCUT2D eigenvalue weighted by molar-refractivity contribution is 5.41. The van der Waals surface area contributed by atoms with Gasteiger partial charge in [0.2, 0.25) is 0 Å². The predicted molar refractivity (Wildman–Crippen MR) is 65.6 cm³/mol. The fourth-order valence-corrected chi connectivity index (χ4v) is 1.62. The van der Waals surface area contributed by atoms with Crippen LogP contribution in [0, 0.1) is 11.3 Å². The number of nitrogens with zero attached hydrogens (tertiary/aromatic N) is 1. The third-order valence-electron chi connectivity index (χ3n) is 2.55. The van der Waals surface area contributed by atoms with Crippen molar-refractivity contribution < 1.29 is 4.74 Å². The fraction of sp³-hybridized carbons (Fsp3) is 0.500. The van der Waals surface area contributed by atoms with Crippen LogP contribution in [0.1, 0.15) is 38.8 Å². The predicted octanol–water partition coefficient (Wildman–Crippen LogP) is 3.45. The minimum Gasteiger partial charge on any atom is -0.478 e. The molecular weight excluding hydrogens is 198 g/mol. The quantitative estimate of drug-likeness (QED) is 0.777. The van der Waals surface area contributed by atoms with Gasteiger partial charge in [-0.05, 0) is 29.0 Å². The summed E-state index contributed by atoms with van der Waals surface area (Å²) in [5, 5.41) is 8.55. The number of benzene rings is 1. The molecule has 0 unspecified atom stereocenters. The second-order valence-corrected chi connectivity index (χ2v) is 4.88. The number of nitriles is 1. The molecule has 0 aliphatic rings. The molecule has 0 radical (unpaired) electrons. The molecule has 0 amide bonds. The van der Waals surface area contributed by atoms with Crippen molar-refractivity contribution in [3.63, 3.8) is 0 Å². The van der Waals surface area contributed by atoms with E-state index < -0.39 is 0 Å². The molecule has 0 aliphatic carbocycles. The van der Waals surface area contributed by atoms with Crippen molar-refractivity contribution >= 4 is 0 Å². The average molecular weight is 217 g/mol. The van der Waals surface area contributed by atoms with Gasteiger partial charge < -0.3 is 4.74 Å². The summed E-state index contributed by atoms with van der Waals surface area (Å²) in [6.07, 6.45) is 1.02. The Kier molecular flexibility index (Phi) is 3.95. The molecule has 1 aromatic carbocycles. The minimum absolute atomic E-state index is 0.0377. The normalized spacial score (nSPS) is 10.9. The first-order valence-electron chi connectivity index (χ1n) is 5.62. The summed E-state index contributed by atoms with van der Waals surface area (Å²) < 4.78 is 5.45. The van der Waals surface area contributed by atoms with Crippen molar-refractivity contribution in [1.29, 1.82) is 5.26 Å². The lowest BCUT2D eigenvalue weighted by molar-refractivity contribution is 0.355. The average Bonchev–Trinajstić information content (AvgIpc) is 2.25. The van der Waals surface area contributed by atoms with Crippen LogP contribution >= 0.6 is 0 Å². The van der Waals surface area contributed by atoms with Crippen LogP contribution in [0.3, 0.4) is 0 Å². The lowest BCUT2D eigenvalue weighted by atomic mass is 9.85. The maximum atomic E-state index is 8.55. The molecule has 16 heavy (non-hydrogen) atoms. The Morgan fingerprint density at radius 2 is 2.00 bits per heavy atom. The van der Waals surface area contributed by atoms with E-state index in [4.69, 9.17) is 10.00 Å². The van der Waals surface area contributed by atoms with Gasteiger partial charge in [0, 0.05) is 0 Å². The number of aryl methyl sites for hydroxylation is 1. The van der Waals surface area contributed by atoms with E-state index in [2.05, 4.69) is 39.8 Å². The van der Waals surface area contributed by atoms with Crippen LogP contribution in [-0.2, 0) is 11.8 Å². The molecule has 0 saturated heterocycles. The Morgan fingerprint density at radius 1 is 1.31 bits per heavy atom. The van der Waals surface area contributed by atoms with Gasteiger partial charge in [0.1, 0.15) is 11.8 Å². The SMILES string of the molecule is CCc1ccc(OCC#N)c(C(C)(C)C)c1. The van der Waals surface area contributed by atoms with E-state index in [0.717, 1.165) is 12.2 Å². The molecule has 0 aromatic heterocycles. The lowest BCUT2D eigenvalue weighted by Gasteiger charge is -2.23. The molecule has 1 aromatic rings. The van der Waals surface area contributed by atoms with Crippen LogP contribution in [0.5, 0.6) is 5.75 Å². The zero-order chi connectivity index (χ0) is 12.2. The van der Waals surface area contributed by atoms with E-state index in [1.807, 2.05) is 12.1 Å². The Balaban J connectivity index is 3.12. The first-order chi connectivity index (χ1) is 7.49. The molecule has 0 spiro atoms. The van der Waals surface area contributed by atoms with E-state index >= 15 is 0 Å². The smallest absolute Gasteiger partial charge is 0.174 e. The van der Waals surface area contributed by atoms with Crippen LogP contribution in [0.2, 0.25) is 0 Å². The molecule has 0 bridgehead atoms. The molecule has 0 N–H and O–H groups in total. The van der Waals surface area contributed by atoms with Gasteiger partial charge in [-0.1, -0.05) is 39.8 Å². The standard InChI is InChI=1S/C14H19NO/c1-5-11-6-7-13(16-9-8-15)12(10-11)14(2,3)4/h6-7,10H,5,9H2,1-4H3. The molecule has 2 nitrogen and oxygen atoms in total. The van der Waals surface area contributed by atoms with E-state index in [9.17, 15) is 0 Å². The second-order valence-electron chi connectivity index (χ2n) is 4.88. The van der Waals surface area contributed by atoms with Crippen molar-refractivity contribution in [2.45, 2.75) is 39.5 Å². The van der Waals surface area contributed by atoms with Crippen molar-refractivity contribution in [1.82, 2.24) is 0 Å². The summed E-state index contributed by atoms with van der Waals surface area (Å²) in [6.45, 7) is 8.70. The highest BCUT2D eigenvalue weighted by atomic mass is 16.5. The number of ether oxygens (including phenoxy) is 1. The number of hydrogen-bond acceptors (Lipinski definition) is 2. The van der Waals surface area contributed by atoms with E-state index in [0.29, 0.717) is 0 Å². The van der Waals surface area contributed by atoms with Crippen molar-refractivity contribution in [2.75, 3.05) is 6.61 Å². The third-order valence-corrected chi connectivity index (χ3v) is 2.55. The van der Waals surface area contributed by atoms with E-state index in [-0.39, 0.29) is 12.0 Å². The van der Waals surface area contributed by atoms with Gasteiger partial charge in [0.25, 0.3) is 0 Å². The monoisotopic (exact) mass is 217 g/mol. The second kappa shape index (κ2) is 5.03. The van der Waals surface area contributed by atoms with E-state index in [1.54, 1.807) is 0 Å². The number of hydrogen-bond donors (Lipinski definition) is 0. The van der Waals surface area contributed by atoms with Crippen LogP contribution in [0.15, 0.2) is 18.2 Å². The van der Waals surface area contributed by atoms with Gasteiger partial charge in [-0.15, -0.1) is 0 Å². The minimum atomic E-state index is 0.0377. The zero-order valence-corrected chi connectivity index (χ0v) is 10.5. The molecule has 0 aliphatic heterocycles. The molecular formula is C14H19NO. The first kappa shape index (κ1) is 12.6. The summed E-state index contributed by atoms with van der Waals surface area (Å²) >= 11 is 0. The fourth-order valence-electron chi connectivity index (χ4n) is 1.62. The summed E-state index contributed by atoms with van der Waals surface area (Å²) in [7, 11) is 0. The summed E-state index contributed by atoms with van der Waals surface area (Å²) in [6, 6.07) is 8.20. The maximum Gasteiger partial charge on any atom is 0.174 e. The Bertz CT molecular complexity index is 396. The van der Waals surface area contributed by atoms with Gasteiger partial charge in [-0.25, -0.2) is 0 Å². The Hall–Kier alpha value is -1.49. The van der Waals surface area contributed by atoms with Gasteiger partial charge in [0.15, 0.2) is 6.61 Å². The van der Waals surface area contributed by atoms with Crippen LogP contribution in [0.4, 0.5) is 0 Å². The highest BCUT2D eigenvalue weighted by Crippen LogP contribution is 2.32. The summed E-state index contributed by atoms with van der Waals surface area (Å²) in [5.74, 6) is 0.825. The van der Waals surface area contributed by atoms with Gasteiger partial charge in [-0.2, -0.15) is 5.26 Å². The molecule has 1 rings (SSSR count). The molecule has 0 atom stereocenters. The van der Waals surface area contributed by atoms with Crippen LogP contribution < -0.4 is 4.74 Å². The first-order valence-corrected chi connectivity index (χ1v) is 5.62. The third kappa shape index (κ3) is 3.00. The van der Waals surface area contributed by atoms with Crippen molar-refractivity contribution in [3.8, 4) is 11.8 Å². The maximum absolute atomic E-state index is 8.55. The summed E-state index contributed by atoms with van der Waals surface area (Å²) in [5.41, 5.74) is 2.51. The summed E-state index contributed by atoms with van der Waals surface area (Å²) in [4.78, 5) is 0. The molecule has 2 heteroatoms. The van der Waals surface area contributed by atoms with Gasteiger partial charge in [0.05, 0.1) is 0 Å². The highest BCUT2D eigenvalue weighted by Gasteiger charge is 2.19. The molecule has 0 saturated carbocycles. The molecule has 0 fully saturated rings.